The van der Waals surface area contributed by atoms with E-state index in [0.717, 1.165) is 5.56 Å². The summed E-state index contributed by atoms with van der Waals surface area (Å²) in [4.78, 5) is 29.0. The van der Waals surface area contributed by atoms with Gasteiger partial charge in [-0.15, -0.1) is 5.10 Å². The third kappa shape index (κ3) is 4.44. The summed E-state index contributed by atoms with van der Waals surface area (Å²) in [7, 11) is 0. The van der Waals surface area contributed by atoms with Crippen LogP contribution in [0.1, 0.15) is 17.5 Å². The van der Waals surface area contributed by atoms with Crippen molar-refractivity contribution in [3.8, 4) is 17.7 Å². The zero-order valence-corrected chi connectivity index (χ0v) is 17.1. The predicted octanol–water partition coefficient (Wildman–Crippen LogP) is 3.19. The predicted molar refractivity (Wildman–Crippen MR) is 117 cm³/mol. The SMILES string of the molecule is Cc1cc(Oc2ncccc2C#N)ccc1NC(=O)CCn1nnc2ccccc2c1=O. The Hall–Kier alpha value is -4.58. The lowest BCUT2D eigenvalue weighted by Gasteiger charge is -2.11. The fourth-order valence-corrected chi connectivity index (χ4v) is 3.10. The molecule has 0 spiro atoms. The highest BCUT2D eigenvalue weighted by molar-refractivity contribution is 5.91. The van der Waals surface area contributed by atoms with Crippen molar-refractivity contribution in [2.75, 3.05) is 5.32 Å². The number of amides is 1. The highest BCUT2D eigenvalue weighted by atomic mass is 16.5. The second-order valence-corrected chi connectivity index (χ2v) is 6.98. The fraction of sp³-hybridized carbons (Fsp3) is 0.130. The third-order valence-electron chi connectivity index (χ3n) is 4.76. The summed E-state index contributed by atoms with van der Waals surface area (Å²) in [5.41, 5.74) is 1.94. The zero-order chi connectivity index (χ0) is 22.5. The zero-order valence-electron chi connectivity index (χ0n) is 17.1. The smallest absolute Gasteiger partial charge is 0.277 e. The summed E-state index contributed by atoms with van der Waals surface area (Å²) in [5, 5.41) is 20.3. The van der Waals surface area contributed by atoms with Crippen LogP contribution in [0.2, 0.25) is 0 Å². The first-order chi connectivity index (χ1) is 15.5. The lowest BCUT2D eigenvalue weighted by Crippen LogP contribution is -2.26. The Bertz CT molecular complexity index is 1410. The lowest BCUT2D eigenvalue weighted by molar-refractivity contribution is -0.116. The minimum Gasteiger partial charge on any atom is -0.438 e. The number of fused-ring (bicyclic) bond motifs is 1. The molecule has 0 bridgehead atoms. The molecular formula is C23H18N6O3. The molecule has 2 heterocycles. The lowest BCUT2D eigenvalue weighted by atomic mass is 10.2. The minimum absolute atomic E-state index is 0.0596. The number of anilines is 1. The van der Waals surface area contributed by atoms with Crippen LogP contribution in [-0.4, -0.2) is 25.9 Å². The summed E-state index contributed by atoms with van der Waals surface area (Å²) >= 11 is 0. The Morgan fingerprint density at radius 2 is 2.03 bits per heavy atom. The molecule has 4 rings (SSSR count). The summed E-state index contributed by atoms with van der Waals surface area (Å²) in [5.74, 6) is 0.446. The average molecular weight is 426 g/mol. The molecule has 0 saturated heterocycles. The van der Waals surface area contributed by atoms with Crippen LogP contribution >= 0.6 is 0 Å². The molecule has 32 heavy (non-hydrogen) atoms. The first kappa shape index (κ1) is 20.7. The van der Waals surface area contributed by atoms with Gasteiger partial charge in [0.1, 0.15) is 22.9 Å². The van der Waals surface area contributed by atoms with Crippen molar-refractivity contribution in [2.45, 2.75) is 19.9 Å². The molecule has 1 amide bonds. The Labute approximate surface area is 182 Å². The maximum absolute atomic E-state index is 12.5. The van der Waals surface area contributed by atoms with Crippen LogP contribution in [0.5, 0.6) is 11.6 Å². The maximum atomic E-state index is 12.5. The number of hydrogen-bond donors (Lipinski definition) is 1. The molecule has 0 saturated carbocycles. The molecule has 0 unspecified atom stereocenters. The van der Waals surface area contributed by atoms with Crippen LogP contribution in [0, 0.1) is 18.3 Å². The largest absolute Gasteiger partial charge is 0.438 e. The molecule has 9 nitrogen and oxygen atoms in total. The molecule has 2 aromatic carbocycles. The van der Waals surface area contributed by atoms with Crippen molar-refractivity contribution in [1.29, 1.82) is 5.26 Å². The first-order valence-corrected chi connectivity index (χ1v) is 9.81. The van der Waals surface area contributed by atoms with Gasteiger partial charge in [-0.05, 0) is 55.0 Å². The van der Waals surface area contributed by atoms with Gasteiger partial charge in [-0.3, -0.25) is 9.59 Å². The van der Waals surface area contributed by atoms with Gasteiger partial charge in [0.2, 0.25) is 11.8 Å². The van der Waals surface area contributed by atoms with E-state index in [4.69, 9.17) is 10.00 Å². The van der Waals surface area contributed by atoms with Crippen LogP contribution in [0.4, 0.5) is 5.69 Å². The van der Waals surface area contributed by atoms with E-state index in [1.54, 1.807) is 60.8 Å². The Kier molecular flexibility index (Phi) is 5.85. The topological polar surface area (TPSA) is 123 Å². The number of rotatable bonds is 6. The van der Waals surface area contributed by atoms with Crippen molar-refractivity contribution in [3.63, 3.8) is 0 Å². The standard InChI is InChI=1S/C23H18N6O3/c1-15-13-17(32-22-16(14-24)5-4-11-25-22)8-9-19(15)26-21(30)10-12-29-23(31)18-6-2-3-7-20(18)27-28-29/h2-9,11,13H,10,12H2,1H3,(H,26,30). The number of nitriles is 1. The number of carbonyl (C=O) groups excluding carboxylic acids is 1. The number of nitrogens with zero attached hydrogens (tertiary/aromatic N) is 5. The average Bonchev–Trinajstić information content (AvgIpc) is 2.81. The van der Waals surface area contributed by atoms with E-state index in [2.05, 4.69) is 20.6 Å². The second-order valence-electron chi connectivity index (χ2n) is 6.98. The van der Waals surface area contributed by atoms with E-state index in [9.17, 15) is 9.59 Å². The highest BCUT2D eigenvalue weighted by Crippen LogP contribution is 2.26. The van der Waals surface area contributed by atoms with E-state index in [-0.39, 0.29) is 30.3 Å². The molecular weight excluding hydrogens is 408 g/mol. The molecule has 0 radical (unpaired) electrons. The number of aryl methyl sites for hydroxylation is 2. The fourth-order valence-electron chi connectivity index (χ4n) is 3.10. The molecule has 0 fully saturated rings. The molecule has 0 aliphatic rings. The van der Waals surface area contributed by atoms with E-state index >= 15 is 0 Å². The number of hydrogen-bond acceptors (Lipinski definition) is 7. The number of benzene rings is 2. The van der Waals surface area contributed by atoms with Crippen molar-refractivity contribution in [3.05, 3.63) is 82.3 Å². The van der Waals surface area contributed by atoms with Gasteiger partial charge in [0.05, 0.1) is 11.9 Å². The van der Waals surface area contributed by atoms with Crippen LogP contribution in [-0.2, 0) is 11.3 Å². The van der Waals surface area contributed by atoms with Crippen molar-refractivity contribution < 1.29 is 9.53 Å². The van der Waals surface area contributed by atoms with Gasteiger partial charge < -0.3 is 10.1 Å². The van der Waals surface area contributed by atoms with E-state index in [1.165, 1.54) is 4.68 Å². The quantitative estimate of drug-likeness (QED) is 0.502. The van der Waals surface area contributed by atoms with E-state index in [1.807, 2.05) is 13.0 Å². The molecule has 158 valence electrons. The van der Waals surface area contributed by atoms with E-state index < -0.39 is 0 Å². The van der Waals surface area contributed by atoms with Gasteiger partial charge in [0.15, 0.2) is 0 Å². The van der Waals surface area contributed by atoms with Gasteiger partial charge in [-0.2, -0.15) is 5.26 Å². The highest BCUT2D eigenvalue weighted by Gasteiger charge is 2.11. The number of pyridine rings is 1. The molecule has 4 aromatic rings. The summed E-state index contributed by atoms with van der Waals surface area (Å²) in [6.45, 7) is 1.94. The van der Waals surface area contributed by atoms with Gasteiger partial charge in [-0.25, -0.2) is 9.67 Å². The first-order valence-electron chi connectivity index (χ1n) is 9.81. The van der Waals surface area contributed by atoms with Gasteiger partial charge in [0.25, 0.3) is 5.56 Å². The van der Waals surface area contributed by atoms with Crippen LogP contribution in [0.3, 0.4) is 0 Å². The number of nitrogens with one attached hydrogen (secondary N) is 1. The van der Waals surface area contributed by atoms with Gasteiger partial charge in [0, 0.05) is 18.3 Å². The van der Waals surface area contributed by atoms with Crippen molar-refractivity contribution in [1.82, 2.24) is 20.0 Å². The van der Waals surface area contributed by atoms with Crippen LogP contribution in [0.15, 0.2) is 65.6 Å². The van der Waals surface area contributed by atoms with Gasteiger partial charge in [-0.1, -0.05) is 17.3 Å². The maximum Gasteiger partial charge on any atom is 0.277 e. The number of ether oxygens (including phenoxy) is 1. The Morgan fingerprint density at radius 3 is 2.84 bits per heavy atom. The third-order valence-corrected chi connectivity index (χ3v) is 4.76. The van der Waals surface area contributed by atoms with E-state index in [0.29, 0.717) is 27.9 Å². The molecule has 0 aliphatic carbocycles. The van der Waals surface area contributed by atoms with Crippen molar-refractivity contribution >= 4 is 22.5 Å². The monoisotopic (exact) mass is 426 g/mol. The summed E-state index contributed by atoms with van der Waals surface area (Å²) in [6, 6.07) is 17.4. The normalized spacial score (nSPS) is 10.5. The Morgan fingerprint density at radius 1 is 1.19 bits per heavy atom. The van der Waals surface area contributed by atoms with Crippen LogP contribution in [0.25, 0.3) is 10.9 Å². The molecule has 0 atom stereocenters. The molecule has 1 N–H and O–H groups in total. The molecule has 2 aromatic heterocycles. The summed E-state index contributed by atoms with van der Waals surface area (Å²) < 4.78 is 6.88. The molecule has 0 aliphatic heterocycles. The van der Waals surface area contributed by atoms with Gasteiger partial charge >= 0.3 is 0 Å². The summed E-state index contributed by atoms with van der Waals surface area (Å²) in [6.07, 6.45) is 1.60. The Balaban J connectivity index is 1.41. The van der Waals surface area contributed by atoms with Crippen LogP contribution < -0.4 is 15.6 Å². The number of aromatic nitrogens is 4. The molecule has 9 heteroatoms. The minimum atomic E-state index is -0.285. The number of carbonyl (C=O) groups is 1. The van der Waals surface area contributed by atoms with Crippen molar-refractivity contribution in [2.24, 2.45) is 0 Å². The second kappa shape index (κ2) is 9.06.